The van der Waals surface area contributed by atoms with Crippen LogP contribution < -0.4 is 4.74 Å². The molecule has 0 saturated carbocycles. The molecule has 1 aromatic heterocycles. The van der Waals surface area contributed by atoms with E-state index in [0.29, 0.717) is 17.5 Å². The Morgan fingerprint density at radius 3 is 2.37 bits per heavy atom. The Hall–Kier alpha value is -1.48. The third-order valence-corrected chi connectivity index (χ3v) is 3.68. The summed E-state index contributed by atoms with van der Waals surface area (Å²) in [5.74, 6) is 1.38. The van der Waals surface area contributed by atoms with Gasteiger partial charge in [0.25, 0.3) is 0 Å². The lowest BCUT2D eigenvalue weighted by atomic mass is 10.0. The maximum Gasteiger partial charge on any atom is 0.131 e. The lowest BCUT2D eigenvalue weighted by molar-refractivity contribution is 0.295. The fourth-order valence-electron chi connectivity index (χ4n) is 1.94. The molecule has 0 atom stereocenters. The molecule has 1 heterocycles. The zero-order valence-corrected chi connectivity index (χ0v) is 12.5. The van der Waals surface area contributed by atoms with Crippen LogP contribution in [-0.4, -0.2) is 9.78 Å². The molecule has 0 spiro atoms. The first-order valence-electron chi connectivity index (χ1n) is 6.39. The maximum atomic E-state index is 6.18. The summed E-state index contributed by atoms with van der Waals surface area (Å²) in [4.78, 5) is 0. The molecule has 0 amide bonds. The SMILES string of the molecule is Cc1nn(C)c(COc2ccc(C(C)C)cc2)c1Cl. The van der Waals surface area contributed by atoms with Crippen molar-refractivity contribution in [2.45, 2.75) is 33.3 Å². The van der Waals surface area contributed by atoms with Crippen LogP contribution in [0.15, 0.2) is 24.3 Å². The molecule has 4 heteroatoms. The summed E-state index contributed by atoms with van der Waals surface area (Å²) in [6.45, 7) is 6.67. The molecule has 0 aliphatic carbocycles. The third-order valence-electron chi connectivity index (χ3n) is 3.18. The van der Waals surface area contributed by atoms with E-state index in [1.165, 1.54) is 5.56 Å². The van der Waals surface area contributed by atoms with Gasteiger partial charge in [-0.1, -0.05) is 37.6 Å². The molecular weight excluding hydrogens is 260 g/mol. The number of halogens is 1. The Morgan fingerprint density at radius 1 is 1.26 bits per heavy atom. The minimum atomic E-state index is 0.428. The molecule has 0 N–H and O–H groups in total. The molecule has 102 valence electrons. The maximum absolute atomic E-state index is 6.18. The molecule has 0 saturated heterocycles. The average molecular weight is 279 g/mol. The standard InChI is InChI=1S/C15H19ClN2O/c1-10(2)12-5-7-13(8-6-12)19-9-14-15(16)11(3)17-18(14)4/h5-8,10H,9H2,1-4H3. The van der Waals surface area contributed by atoms with Gasteiger partial charge in [0.1, 0.15) is 12.4 Å². The highest BCUT2D eigenvalue weighted by atomic mass is 35.5. The molecule has 0 unspecified atom stereocenters. The van der Waals surface area contributed by atoms with Gasteiger partial charge in [0, 0.05) is 7.05 Å². The second kappa shape index (κ2) is 5.66. The second-order valence-electron chi connectivity index (χ2n) is 4.98. The van der Waals surface area contributed by atoms with Gasteiger partial charge in [-0.25, -0.2) is 0 Å². The van der Waals surface area contributed by atoms with Gasteiger partial charge >= 0.3 is 0 Å². The molecule has 3 nitrogen and oxygen atoms in total. The molecule has 19 heavy (non-hydrogen) atoms. The predicted octanol–water partition coefficient (Wildman–Crippen LogP) is 4.08. The van der Waals surface area contributed by atoms with Crippen molar-refractivity contribution in [1.82, 2.24) is 9.78 Å². The molecule has 2 rings (SSSR count). The van der Waals surface area contributed by atoms with Gasteiger partial charge in [0.2, 0.25) is 0 Å². The van der Waals surface area contributed by atoms with Crippen LogP contribution in [0.25, 0.3) is 0 Å². The molecule has 0 bridgehead atoms. The van der Waals surface area contributed by atoms with Crippen LogP contribution in [-0.2, 0) is 13.7 Å². The largest absolute Gasteiger partial charge is 0.487 e. The van der Waals surface area contributed by atoms with E-state index in [1.54, 1.807) is 4.68 Å². The van der Waals surface area contributed by atoms with E-state index in [9.17, 15) is 0 Å². The molecule has 0 aliphatic rings. The van der Waals surface area contributed by atoms with Gasteiger partial charge < -0.3 is 4.74 Å². The molecule has 0 fully saturated rings. The zero-order chi connectivity index (χ0) is 14.0. The van der Waals surface area contributed by atoms with Gasteiger partial charge in [0.15, 0.2) is 0 Å². The summed E-state index contributed by atoms with van der Waals surface area (Å²) < 4.78 is 7.52. The van der Waals surface area contributed by atoms with Crippen LogP contribution in [0.1, 0.15) is 36.7 Å². The number of aryl methyl sites for hydroxylation is 2. The number of hydrogen-bond donors (Lipinski definition) is 0. The Balaban J connectivity index is 2.06. The summed E-state index contributed by atoms with van der Waals surface area (Å²) in [6.07, 6.45) is 0. The van der Waals surface area contributed by atoms with Crippen LogP contribution in [0.3, 0.4) is 0 Å². The Bertz CT molecular complexity index is 558. The van der Waals surface area contributed by atoms with Crippen LogP contribution in [0.2, 0.25) is 5.02 Å². The molecule has 2 aromatic rings. The highest BCUT2D eigenvalue weighted by Gasteiger charge is 2.11. The zero-order valence-electron chi connectivity index (χ0n) is 11.8. The Kier molecular flexibility index (Phi) is 4.15. The van der Waals surface area contributed by atoms with Crippen molar-refractivity contribution in [1.29, 1.82) is 0 Å². The van der Waals surface area contributed by atoms with E-state index < -0.39 is 0 Å². The number of hydrogen-bond acceptors (Lipinski definition) is 2. The number of ether oxygens (including phenoxy) is 1. The monoisotopic (exact) mass is 278 g/mol. The number of rotatable bonds is 4. The van der Waals surface area contributed by atoms with Crippen LogP contribution >= 0.6 is 11.6 Å². The smallest absolute Gasteiger partial charge is 0.131 e. The van der Waals surface area contributed by atoms with Crippen molar-refractivity contribution >= 4 is 11.6 Å². The molecule has 0 aliphatic heterocycles. The van der Waals surface area contributed by atoms with Crippen molar-refractivity contribution < 1.29 is 4.74 Å². The van der Waals surface area contributed by atoms with Gasteiger partial charge in [-0.05, 0) is 30.5 Å². The van der Waals surface area contributed by atoms with E-state index in [2.05, 4.69) is 31.1 Å². The quantitative estimate of drug-likeness (QED) is 0.842. The third kappa shape index (κ3) is 3.10. The normalized spacial score (nSPS) is 11.1. The topological polar surface area (TPSA) is 27.1 Å². The van der Waals surface area contributed by atoms with Gasteiger partial charge in [-0.2, -0.15) is 5.10 Å². The number of aromatic nitrogens is 2. The van der Waals surface area contributed by atoms with Gasteiger partial charge in [0.05, 0.1) is 16.4 Å². The van der Waals surface area contributed by atoms with E-state index >= 15 is 0 Å². The van der Waals surface area contributed by atoms with E-state index in [0.717, 1.165) is 17.1 Å². The highest BCUT2D eigenvalue weighted by molar-refractivity contribution is 6.31. The van der Waals surface area contributed by atoms with Gasteiger partial charge in [-0.3, -0.25) is 4.68 Å². The van der Waals surface area contributed by atoms with E-state index in [1.807, 2.05) is 26.1 Å². The van der Waals surface area contributed by atoms with Gasteiger partial charge in [-0.15, -0.1) is 0 Å². The average Bonchev–Trinajstić information content (AvgIpc) is 2.62. The lowest BCUT2D eigenvalue weighted by Gasteiger charge is -2.09. The summed E-state index contributed by atoms with van der Waals surface area (Å²) in [5, 5.41) is 4.95. The van der Waals surface area contributed by atoms with Crippen LogP contribution in [0.5, 0.6) is 5.75 Å². The fourth-order valence-corrected chi connectivity index (χ4v) is 2.15. The Labute approximate surface area is 119 Å². The van der Waals surface area contributed by atoms with Crippen molar-refractivity contribution in [2.24, 2.45) is 7.05 Å². The first-order valence-corrected chi connectivity index (χ1v) is 6.77. The van der Waals surface area contributed by atoms with Crippen molar-refractivity contribution in [3.8, 4) is 5.75 Å². The Morgan fingerprint density at radius 2 is 1.89 bits per heavy atom. The molecule has 1 aromatic carbocycles. The summed E-state index contributed by atoms with van der Waals surface area (Å²) in [6, 6.07) is 8.17. The van der Waals surface area contributed by atoms with Crippen molar-refractivity contribution in [3.05, 3.63) is 46.2 Å². The molecule has 0 radical (unpaired) electrons. The van der Waals surface area contributed by atoms with Crippen molar-refractivity contribution in [3.63, 3.8) is 0 Å². The fraction of sp³-hybridized carbons (Fsp3) is 0.400. The van der Waals surface area contributed by atoms with E-state index in [4.69, 9.17) is 16.3 Å². The van der Waals surface area contributed by atoms with Crippen molar-refractivity contribution in [2.75, 3.05) is 0 Å². The lowest BCUT2D eigenvalue weighted by Crippen LogP contribution is -2.03. The summed E-state index contributed by atoms with van der Waals surface area (Å²) in [5.41, 5.74) is 3.03. The summed E-state index contributed by atoms with van der Waals surface area (Å²) in [7, 11) is 1.87. The number of benzene rings is 1. The minimum Gasteiger partial charge on any atom is -0.487 e. The van der Waals surface area contributed by atoms with E-state index in [-0.39, 0.29) is 0 Å². The highest BCUT2D eigenvalue weighted by Crippen LogP contribution is 2.23. The molecular formula is C15H19ClN2O. The number of nitrogens with zero attached hydrogens (tertiary/aromatic N) is 2. The van der Waals surface area contributed by atoms with Crippen LogP contribution in [0.4, 0.5) is 0 Å². The van der Waals surface area contributed by atoms with Crippen LogP contribution in [0, 0.1) is 6.92 Å². The second-order valence-corrected chi connectivity index (χ2v) is 5.36. The predicted molar refractivity (Wildman–Crippen MR) is 77.8 cm³/mol. The minimum absolute atomic E-state index is 0.428. The first kappa shape index (κ1) is 13.9. The first-order chi connectivity index (χ1) is 8.99. The summed E-state index contributed by atoms with van der Waals surface area (Å²) >= 11 is 6.18.